The summed E-state index contributed by atoms with van der Waals surface area (Å²) in [5.74, 6) is 0.586. The monoisotopic (exact) mass is 481 g/mol. The zero-order valence-electron chi connectivity index (χ0n) is 19.7. The first kappa shape index (κ1) is 23.0. The minimum absolute atomic E-state index is 0.224. The Bertz CT molecular complexity index is 1450. The Hall–Kier alpha value is -4.73. The molecule has 0 bridgehead atoms. The van der Waals surface area contributed by atoms with E-state index in [1.807, 2.05) is 25.1 Å². The summed E-state index contributed by atoms with van der Waals surface area (Å²) >= 11 is 0. The average molecular weight is 482 g/mol. The van der Waals surface area contributed by atoms with Crippen LogP contribution >= 0.6 is 0 Å². The van der Waals surface area contributed by atoms with Crippen molar-refractivity contribution in [3.8, 4) is 22.4 Å². The number of amides is 2. The van der Waals surface area contributed by atoms with Gasteiger partial charge >= 0.3 is 6.09 Å². The minimum atomic E-state index is -0.607. The van der Waals surface area contributed by atoms with Crippen molar-refractivity contribution in [1.29, 1.82) is 0 Å². The van der Waals surface area contributed by atoms with Gasteiger partial charge in [0.2, 0.25) is 0 Å². The average Bonchev–Trinajstić information content (AvgIpc) is 3.76. The van der Waals surface area contributed by atoms with Crippen molar-refractivity contribution in [1.82, 2.24) is 25.1 Å². The molecule has 0 saturated heterocycles. The van der Waals surface area contributed by atoms with E-state index in [0.717, 1.165) is 40.9 Å². The van der Waals surface area contributed by atoms with Crippen molar-refractivity contribution >= 4 is 23.5 Å². The maximum absolute atomic E-state index is 12.9. The lowest BCUT2D eigenvalue weighted by molar-refractivity contribution is 0.102. The van der Waals surface area contributed by atoms with Crippen LogP contribution in [-0.2, 0) is 4.74 Å². The van der Waals surface area contributed by atoms with Crippen molar-refractivity contribution in [2.24, 2.45) is 0 Å². The van der Waals surface area contributed by atoms with E-state index in [1.165, 1.54) is 7.11 Å². The van der Waals surface area contributed by atoms with Gasteiger partial charge in [0.1, 0.15) is 5.82 Å². The maximum Gasteiger partial charge on any atom is 0.412 e. The summed E-state index contributed by atoms with van der Waals surface area (Å²) in [6.45, 7) is 1.87. The topological polar surface area (TPSA) is 132 Å². The van der Waals surface area contributed by atoms with Crippen LogP contribution in [0.2, 0.25) is 0 Å². The summed E-state index contributed by atoms with van der Waals surface area (Å²) < 4.78 is 4.62. The second-order valence-electron chi connectivity index (χ2n) is 8.43. The first-order valence-electron chi connectivity index (χ1n) is 11.4. The highest BCUT2D eigenvalue weighted by Crippen LogP contribution is 2.39. The summed E-state index contributed by atoms with van der Waals surface area (Å²) in [5.41, 5.74) is 5.68. The van der Waals surface area contributed by atoms with Gasteiger partial charge in [0.05, 0.1) is 30.9 Å². The summed E-state index contributed by atoms with van der Waals surface area (Å²) in [6.07, 6.45) is 8.12. The standard InChI is InChI=1S/C26H23N7O3/c1-15-21(12-20(14-29-15)31-25(34)18-6-7-27-22(9-18)16-3-4-16)23-10-19(13-30-33-23)17-5-8-28-24(11-17)32-26(35)36-2/h5-14,16H,3-4H2,1-2H3,(H,31,34)(H,28,32,35). The van der Waals surface area contributed by atoms with Crippen LogP contribution < -0.4 is 10.6 Å². The highest BCUT2D eigenvalue weighted by atomic mass is 16.5. The number of nitrogens with zero attached hydrogens (tertiary/aromatic N) is 5. The van der Waals surface area contributed by atoms with Crippen LogP contribution in [0.25, 0.3) is 22.4 Å². The third kappa shape index (κ3) is 5.17. The zero-order chi connectivity index (χ0) is 25.1. The first-order chi connectivity index (χ1) is 17.5. The van der Waals surface area contributed by atoms with E-state index in [2.05, 4.69) is 40.5 Å². The fourth-order valence-corrected chi connectivity index (χ4v) is 3.75. The smallest absolute Gasteiger partial charge is 0.412 e. The number of aryl methyl sites for hydroxylation is 1. The number of pyridine rings is 3. The normalized spacial score (nSPS) is 12.6. The summed E-state index contributed by atoms with van der Waals surface area (Å²) in [4.78, 5) is 37.3. The molecule has 4 heterocycles. The highest BCUT2D eigenvalue weighted by Gasteiger charge is 2.25. The number of carbonyl (C=O) groups is 2. The quantitative estimate of drug-likeness (QED) is 0.408. The van der Waals surface area contributed by atoms with Crippen molar-refractivity contribution in [2.75, 3.05) is 17.7 Å². The number of methoxy groups -OCH3 is 1. The van der Waals surface area contributed by atoms with E-state index in [-0.39, 0.29) is 5.91 Å². The van der Waals surface area contributed by atoms with Gasteiger partial charge in [-0.15, -0.1) is 0 Å². The maximum atomic E-state index is 12.9. The van der Waals surface area contributed by atoms with E-state index >= 15 is 0 Å². The third-order valence-electron chi connectivity index (χ3n) is 5.82. The van der Waals surface area contributed by atoms with Gasteiger partial charge in [0.15, 0.2) is 0 Å². The predicted molar refractivity (Wildman–Crippen MR) is 133 cm³/mol. The molecule has 0 spiro atoms. The lowest BCUT2D eigenvalue weighted by Gasteiger charge is -2.11. The van der Waals surface area contributed by atoms with Crippen LogP contribution in [0.5, 0.6) is 0 Å². The Labute approximate surface area is 207 Å². The van der Waals surface area contributed by atoms with Crippen LogP contribution in [0.1, 0.15) is 40.5 Å². The SMILES string of the molecule is COC(=O)Nc1cc(-c2cnnc(-c3cc(NC(=O)c4ccnc(C5CC5)c4)cnc3C)c2)ccn1. The molecule has 1 saturated carbocycles. The number of rotatable bonds is 6. The Kier molecular flexibility index (Phi) is 6.31. The summed E-state index contributed by atoms with van der Waals surface area (Å²) in [6, 6.07) is 10.8. The molecule has 2 N–H and O–H groups in total. The van der Waals surface area contributed by atoms with E-state index < -0.39 is 6.09 Å². The number of aromatic nitrogens is 5. The third-order valence-corrected chi connectivity index (χ3v) is 5.82. The zero-order valence-corrected chi connectivity index (χ0v) is 19.7. The van der Waals surface area contributed by atoms with Gasteiger partial charge in [-0.1, -0.05) is 0 Å². The molecule has 0 unspecified atom stereocenters. The van der Waals surface area contributed by atoms with Gasteiger partial charge in [-0.25, -0.2) is 9.78 Å². The molecule has 5 rings (SSSR count). The molecule has 0 aliphatic heterocycles. The lowest BCUT2D eigenvalue weighted by Crippen LogP contribution is -2.13. The van der Waals surface area contributed by atoms with Crippen LogP contribution in [-0.4, -0.2) is 44.3 Å². The Morgan fingerprint density at radius 1 is 0.944 bits per heavy atom. The van der Waals surface area contributed by atoms with E-state index in [4.69, 9.17) is 0 Å². The van der Waals surface area contributed by atoms with Gasteiger partial charge in [0.25, 0.3) is 5.91 Å². The molecular formula is C26H23N7O3. The second-order valence-corrected chi connectivity index (χ2v) is 8.43. The van der Waals surface area contributed by atoms with E-state index in [0.29, 0.717) is 28.7 Å². The number of ether oxygens (including phenoxy) is 1. The molecule has 0 aromatic carbocycles. The highest BCUT2D eigenvalue weighted by molar-refractivity contribution is 6.04. The fourth-order valence-electron chi connectivity index (χ4n) is 3.75. The van der Waals surface area contributed by atoms with Gasteiger partial charge in [0, 0.05) is 46.4 Å². The molecule has 2 amide bonds. The lowest BCUT2D eigenvalue weighted by atomic mass is 10.0. The number of hydrogen-bond acceptors (Lipinski definition) is 8. The molecule has 4 aromatic heterocycles. The van der Waals surface area contributed by atoms with E-state index in [9.17, 15) is 9.59 Å². The molecule has 10 heteroatoms. The van der Waals surface area contributed by atoms with Crippen LogP contribution in [0.15, 0.2) is 61.2 Å². The van der Waals surface area contributed by atoms with Crippen molar-refractivity contribution in [2.45, 2.75) is 25.7 Å². The molecule has 1 fully saturated rings. The molecular weight excluding hydrogens is 458 g/mol. The molecule has 1 aliphatic rings. The molecule has 0 atom stereocenters. The van der Waals surface area contributed by atoms with E-state index in [1.54, 1.807) is 43.0 Å². The first-order valence-corrected chi connectivity index (χ1v) is 11.4. The van der Waals surface area contributed by atoms with Gasteiger partial charge in [-0.05, 0) is 61.7 Å². The van der Waals surface area contributed by atoms with Crippen molar-refractivity contribution < 1.29 is 14.3 Å². The Morgan fingerprint density at radius 3 is 2.58 bits per heavy atom. The van der Waals surface area contributed by atoms with Crippen LogP contribution in [0, 0.1) is 6.92 Å². The molecule has 1 aliphatic carbocycles. The Balaban J connectivity index is 1.39. The number of carbonyl (C=O) groups excluding carboxylic acids is 2. The van der Waals surface area contributed by atoms with Gasteiger partial charge < -0.3 is 10.1 Å². The number of hydrogen-bond donors (Lipinski definition) is 2. The Morgan fingerprint density at radius 2 is 1.78 bits per heavy atom. The van der Waals surface area contributed by atoms with Crippen molar-refractivity contribution in [3.05, 3.63) is 78.1 Å². The molecule has 10 nitrogen and oxygen atoms in total. The second kappa shape index (κ2) is 9.87. The number of nitrogens with one attached hydrogen (secondary N) is 2. The minimum Gasteiger partial charge on any atom is -0.453 e. The summed E-state index contributed by atoms with van der Waals surface area (Å²) in [7, 11) is 1.29. The molecule has 4 aromatic rings. The van der Waals surface area contributed by atoms with Crippen LogP contribution in [0.4, 0.5) is 16.3 Å². The molecule has 180 valence electrons. The molecule has 36 heavy (non-hydrogen) atoms. The van der Waals surface area contributed by atoms with Crippen molar-refractivity contribution in [3.63, 3.8) is 0 Å². The summed E-state index contributed by atoms with van der Waals surface area (Å²) in [5, 5.41) is 13.9. The predicted octanol–water partition coefficient (Wildman–Crippen LogP) is 4.61. The van der Waals surface area contributed by atoms with Crippen LogP contribution in [0.3, 0.4) is 0 Å². The fraction of sp³-hybridized carbons (Fsp3) is 0.192. The molecule has 0 radical (unpaired) electrons. The van der Waals surface area contributed by atoms with Gasteiger partial charge in [-0.2, -0.15) is 10.2 Å². The largest absolute Gasteiger partial charge is 0.453 e. The van der Waals surface area contributed by atoms with Gasteiger partial charge in [-0.3, -0.25) is 20.1 Å². The number of anilines is 2.